The van der Waals surface area contributed by atoms with Crippen LogP contribution in [0.5, 0.6) is 0 Å². The molecule has 5 nitrogen and oxygen atoms in total. The Morgan fingerprint density at radius 3 is 2.45 bits per heavy atom. The number of carbonyl (C=O) groups excluding carboxylic acids is 2. The van der Waals surface area contributed by atoms with E-state index in [0.29, 0.717) is 5.92 Å². The largest absolute Gasteiger partial charge is 0.346 e. The van der Waals surface area contributed by atoms with Crippen LogP contribution in [0.4, 0.5) is 5.69 Å². The van der Waals surface area contributed by atoms with Gasteiger partial charge in [0.05, 0.1) is 12.6 Å². The van der Waals surface area contributed by atoms with Gasteiger partial charge in [0.2, 0.25) is 11.8 Å². The molecule has 1 fully saturated rings. The Labute approximate surface area is 131 Å². The van der Waals surface area contributed by atoms with Gasteiger partial charge in [-0.15, -0.1) is 0 Å². The van der Waals surface area contributed by atoms with Crippen molar-refractivity contribution in [3.8, 4) is 0 Å². The molecule has 1 aliphatic rings. The van der Waals surface area contributed by atoms with E-state index in [1.165, 1.54) is 12.8 Å². The number of amides is 2. The molecule has 0 heterocycles. The molecule has 0 bridgehead atoms. The lowest BCUT2D eigenvalue weighted by Gasteiger charge is -2.23. The maximum atomic E-state index is 12.5. The fourth-order valence-electron chi connectivity index (χ4n) is 2.20. The van der Waals surface area contributed by atoms with E-state index < -0.39 is 6.04 Å². The fourth-order valence-corrected chi connectivity index (χ4v) is 2.20. The zero-order chi connectivity index (χ0) is 16.1. The van der Waals surface area contributed by atoms with E-state index in [1.807, 2.05) is 44.2 Å². The van der Waals surface area contributed by atoms with Crippen molar-refractivity contribution < 1.29 is 9.59 Å². The molecule has 1 aliphatic carbocycles. The Kier molecular flexibility index (Phi) is 5.55. The summed E-state index contributed by atoms with van der Waals surface area (Å²) >= 11 is 0. The number of rotatable bonds is 7. The van der Waals surface area contributed by atoms with Crippen molar-refractivity contribution in [3.05, 3.63) is 30.3 Å². The van der Waals surface area contributed by atoms with Gasteiger partial charge in [0.25, 0.3) is 0 Å². The Bertz CT molecular complexity index is 512. The molecule has 22 heavy (non-hydrogen) atoms. The standard InChI is InChI=1S/C17H25N3O2/c1-12(2)16(18)17(22)19-10-15(21)20(11-13-8-9-13)14-6-4-3-5-7-14/h3-7,12-13,16H,8-11,18H2,1-2H3,(H,19,22)/t16-/m0/s1. The van der Waals surface area contributed by atoms with E-state index >= 15 is 0 Å². The van der Waals surface area contributed by atoms with Gasteiger partial charge < -0.3 is 16.0 Å². The van der Waals surface area contributed by atoms with Crippen LogP contribution in [0.2, 0.25) is 0 Å². The van der Waals surface area contributed by atoms with Crippen LogP contribution >= 0.6 is 0 Å². The summed E-state index contributed by atoms with van der Waals surface area (Å²) in [5.41, 5.74) is 6.66. The molecule has 2 rings (SSSR count). The second kappa shape index (κ2) is 7.40. The van der Waals surface area contributed by atoms with Crippen LogP contribution in [0.1, 0.15) is 26.7 Å². The van der Waals surface area contributed by atoms with Crippen molar-refractivity contribution in [2.24, 2.45) is 17.6 Å². The minimum absolute atomic E-state index is 0.0130. The molecule has 5 heteroatoms. The lowest BCUT2D eigenvalue weighted by atomic mass is 10.1. The lowest BCUT2D eigenvalue weighted by molar-refractivity contribution is -0.126. The van der Waals surface area contributed by atoms with E-state index in [2.05, 4.69) is 5.32 Å². The zero-order valence-corrected chi connectivity index (χ0v) is 13.3. The van der Waals surface area contributed by atoms with Gasteiger partial charge in [0, 0.05) is 12.2 Å². The van der Waals surface area contributed by atoms with Crippen LogP contribution < -0.4 is 16.0 Å². The number of nitrogens with one attached hydrogen (secondary N) is 1. The van der Waals surface area contributed by atoms with Crippen LogP contribution in [0, 0.1) is 11.8 Å². The SMILES string of the molecule is CC(C)[C@H](N)C(=O)NCC(=O)N(CC1CC1)c1ccccc1. The highest BCUT2D eigenvalue weighted by atomic mass is 16.2. The highest BCUT2D eigenvalue weighted by molar-refractivity contribution is 5.97. The van der Waals surface area contributed by atoms with Gasteiger partial charge in [0.15, 0.2) is 0 Å². The van der Waals surface area contributed by atoms with E-state index in [9.17, 15) is 9.59 Å². The molecule has 0 spiro atoms. The normalized spacial score (nSPS) is 15.5. The molecule has 2 amide bonds. The van der Waals surface area contributed by atoms with Crippen molar-refractivity contribution >= 4 is 17.5 Å². The molecule has 1 aromatic rings. The molecule has 0 unspecified atom stereocenters. The van der Waals surface area contributed by atoms with Crippen LogP contribution in [0.15, 0.2) is 30.3 Å². The number of nitrogens with zero attached hydrogens (tertiary/aromatic N) is 1. The predicted octanol–water partition coefficient (Wildman–Crippen LogP) is 1.53. The lowest BCUT2D eigenvalue weighted by Crippen LogP contribution is -2.48. The van der Waals surface area contributed by atoms with Crippen LogP contribution in [-0.4, -0.2) is 30.9 Å². The van der Waals surface area contributed by atoms with Crippen molar-refractivity contribution in [2.45, 2.75) is 32.7 Å². The van der Waals surface area contributed by atoms with Gasteiger partial charge in [-0.1, -0.05) is 32.0 Å². The first-order chi connectivity index (χ1) is 10.5. The third-order valence-corrected chi connectivity index (χ3v) is 3.94. The Balaban J connectivity index is 1.96. The first-order valence-electron chi connectivity index (χ1n) is 7.87. The molecular weight excluding hydrogens is 278 g/mol. The molecule has 1 atom stereocenters. The number of hydrogen-bond donors (Lipinski definition) is 2. The van der Waals surface area contributed by atoms with Crippen LogP contribution in [-0.2, 0) is 9.59 Å². The summed E-state index contributed by atoms with van der Waals surface area (Å²) in [6, 6.07) is 9.00. The first-order valence-corrected chi connectivity index (χ1v) is 7.87. The molecule has 1 aromatic carbocycles. The molecular formula is C17H25N3O2. The number of anilines is 1. The molecule has 120 valence electrons. The first kappa shape index (κ1) is 16.5. The Morgan fingerprint density at radius 1 is 1.27 bits per heavy atom. The van der Waals surface area contributed by atoms with Gasteiger partial charge in [-0.3, -0.25) is 9.59 Å². The summed E-state index contributed by atoms with van der Waals surface area (Å²) < 4.78 is 0. The molecule has 3 N–H and O–H groups in total. The number of nitrogens with two attached hydrogens (primary N) is 1. The second-order valence-corrected chi connectivity index (χ2v) is 6.27. The summed E-state index contributed by atoms with van der Waals surface area (Å²) in [5.74, 6) is 0.259. The summed E-state index contributed by atoms with van der Waals surface area (Å²) in [6.45, 7) is 4.47. The maximum absolute atomic E-state index is 12.5. The van der Waals surface area contributed by atoms with Gasteiger partial charge >= 0.3 is 0 Å². The molecule has 0 saturated heterocycles. The quantitative estimate of drug-likeness (QED) is 0.802. The third kappa shape index (κ3) is 4.56. The van der Waals surface area contributed by atoms with Crippen LogP contribution in [0.25, 0.3) is 0 Å². The summed E-state index contributed by atoms with van der Waals surface area (Å²) in [5, 5.41) is 2.65. The molecule has 0 aliphatic heterocycles. The van der Waals surface area contributed by atoms with Gasteiger partial charge in [-0.05, 0) is 36.8 Å². The zero-order valence-electron chi connectivity index (χ0n) is 13.3. The van der Waals surface area contributed by atoms with Crippen LogP contribution in [0.3, 0.4) is 0 Å². The van der Waals surface area contributed by atoms with Crippen molar-refractivity contribution in [1.82, 2.24) is 5.32 Å². The van der Waals surface area contributed by atoms with E-state index in [0.717, 1.165) is 12.2 Å². The topological polar surface area (TPSA) is 75.4 Å². The van der Waals surface area contributed by atoms with Gasteiger partial charge in [-0.25, -0.2) is 0 Å². The average molecular weight is 303 g/mol. The summed E-state index contributed by atoms with van der Waals surface area (Å²) in [4.78, 5) is 26.1. The highest BCUT2D eigenvalue weighted by Crippen LogP contribution is 2.31. The van der Waals surface area contributed by atoms with Gasteiger partial charge in [-0.2, -0.15) is 0 Å². The van der Waals surface area contributed by atoms with Crippen molar-refractivity contribution in [2.75, 3.05) is 18.0 Å². The summed E-state index contributed by atoms with van der Waals surface area (Å²) in [7, 11) is 0. The minimum atomic E-state index is -0.582. The number of carbonyl (C=O) groups is 2. The smallest absolute Gasteiger partial charge is 0.246 e. The monoisotopic (exact) mass is 303 g/mol. The molecule has 0 aromatic heterocycles. The van der Waals surface area contributed by atoms with Gasteiger partial charge in [0.1, 0.15) is 0 Å². The van der Waals surface area contributed by atoms with E-state index in [1.54, 1.807) is 4.90 Å². The van der Waals surface area contributed by atoms with Crippen molar-refractivity contribution in [3.63, 3.8) is 0 Å². The van der Waals surface area contributed by atoms with Crippen molar-refractivity contribution in [1.29, 1.82) is 0 Å². The van der Waals surface area contributed by atoms with E-state index in [-0.39, 0.29) is 24.3 Å². The molecule has 1 saturated carbocycles. The highest BCUT2D eigenvalue weighted by Gasteiger charge is 2.28. The Morgan fingerprint density at radius 2 is 1.91 bits per heavy atom. The minimum Gasteiger partial charge on any atom is -0.346 e. The fraction of sp³-hybridized carbons (Fsp3) is 0.529. The number of hydrogen-bond acceptors (Lipinski definition) is 3. The number of para-hydroxylation sites is 1. The molecule has 0 radical (unpaired) electrons. The third-order valence-electron chi connectivity index (χ3n) is 3.94. The predicted molar refractivity (Wildman–Crippen MR) is 87.3 cm³/mol. The Hall–Kier alpha value is -1.88. The second-order valence-electron chi connectivity index (χ2n) is 6.27. The van der Waals surface area contributed by atoms with E-state index in [4.69, 9.17) is 5.73 Å². The average Bonchev–Trinajstić information content (AvgIpc) is 3.34. The maximum Gasteiger partial charge on any atom is 0.246 e. The number of benzene rings is 1. The summed E-state index contributed by atoms with van der Waals surface area (Å²) in [6.07, 6.45) is 2.34.